The number of fused-ring (bicyclic) bond motifs is 6. The zero-order chi connectivity index (χ0) is 46.0. The Labute approximate surface area is 383 Å². The molecule has 5 nitrogen and oxygen atoms in total. The van der Waals surface area contributed by atoms with Gasteiger partial charge in [0.2, 0.25) is 0 Å². The third kappa shape index (κ3) is 6.69. The predicted octanol–water partition coefficient (Wildman–Crippen LogP) is 16.2. The molecular weight excluding hydrogens is 836 g/mol. The molecule has 0 aliphatic rings. The molecule has 0 aliphatic carbocycles. The van der Waals surface area contributed by atoms with Gasteiger partial charge in [-0.25, -0.2) is 4.85 Å². The van der Waals surface area contributed by atoms with Gasteiger partial charge in [-0.2, -0.15) is 23.7 Å². The van der Waals surface area contributed by atoms with E-state index >= 15 is 0 Å². The summed E-state index contributed by atoms with van der Waals surface area (Å²) in [6, 6.07) is 63.9. The van der Waals surface area contributed by atoms with Gasteiger partial charge in [0.25, 0.3) is 0 Å². The van der Waals surface area contributed by atoms with Crippen LogP contribution in [0.2, 0.25) is 0 Å². The van der Waals surface area contributed by atoms with Crippen LogP contribution >= 0.6 is 0 Å². The number of nitrogens with zero attached hydrogens (tertiary/aromatic N) is 5. The largest absolute Gasteiger partial charge is 0.416 e. The third-order valence-electron chi connectivity index (χ3n) is 12.8. The predicted molar refractivity (Wildman–Crippen MR) is 262 cm³/mol. The smallest absolute Gasteiger partial charge is 0.309 e. The number of aromatic nitrogens is 2. The maximum absolute atomic E-state index is 14.1. The van der Waals surface area contributed by atoms with E-state index in [-0.39, 0.29) is 0 Å². The van der Waals surface area contributed by atoms with Crippen molar-refractivity contribution in [2.24, 2.45) is 0 Å². The molecule has 0 spiro atoms. The fraction of sp³-hybridized carbons (Fsp3) is 0.0339. The summed E-state index contributed by atoms with van der Waals surface area (Å²) in [4.78, 5) is 3.79. The fourth-order valence-corrected chi connectivity index (χ4v) is 9.75. The van der Waals surface area contributed by atoms with Crippen molar-refractivity contribution >= 4 is 49.3 Å². The number of nitriles is 2. The number of alkyl halides is 3. The summed E-state index contributed by atoms with van der Waals surface area (Å²) in [5.74, 6) is 0. The molecule has 0 bridgehead atoms. The Hall–Kier alpha value is -9.16. The maximum atomic E-state index is 14.1. The second-order valence-electron chi connectivity index (χ2n) is 16.6. The molecule has 0 unspecified atom stereocenters. The zero-order valence-electron chi connectivity index (χ0n) is 35.8. The Morgan fingerprint density at radius 1 is 0.478 bits per heavy atom. The minimum absolute atomic E-state index is 0.417. The normalized spacial score (nSPS) is 11.5. The van der Waals surface area contributed by atoms with Crippen molar-refractivity contribution in [3.05, 3.63) is 222 Å². The average molecular weight is 870 g/mol. The van der Waals surface area contributed by atoms with E-state index in [1.807, 2.05) is 109 Å². The molecule has 0 saturated carbocycles. The number of hydrogen-bond acceptors (Lipinski definition) is 2. The molecule has 0 N–H and O–H groups in total. The first-order valence-electron chi connectivity index (χ1n) is 21.6. The Morgan fingerprint density at radius 2 is 1.07 bits per heavy atom. The van der Waals surface area contributed by atoms with Crippen LogP contribution in [0.25, 0.3) is 104 Å². The molecule has 2 heterocycles. The van der Waals surface area contributed by atoms with Gasteiger partial charge in [0.05, 0.1) is 63.2 Å². The molecule has 0 amide bonds. The zero-order valence-corrected chi connectivity index (χ0v) is 35.8. The van der Waals surface area contributed by atoms with Gasteiger partial charge >= 0.3 is 6.18 Å². The first-order valence-corrected chi connectivity index (χ1v) is 21.6. The lowest BCUT2D eigenvalue weighted by molar-refractivity contribution is -0.137. The Bertz CT molecular complexity index is 3980. The van der Waals surface area contributed by atoms with Crippen LogP contribution < -0.4 is 0 Å². The second-order valence-corrected chi connectivity index (χ2v) is 16.6. The van der Waals surface area contributed by atoms with Crippen molar-refractivity contribution in [2.45, 2.75) is 13.1 Å². The van der Waals surface area contributed by atoms with E-state index in [4.69, 9.17) is 6.57 Å². The lowest BCUT2D eigenvalue weighted by Gasteiger charge is -2.20. The van der Waals surface area contributed by atoms with Gasteiger partial charge < -0.3 is 9.13 Å². The first kappa shape index (κ1) is 40.6. The van der Waals surface area contributed by atoms with E-state index in [0.29, 0.717) is 44.6 Å². The highest BCUT2D eigenvalue weighted by molar-refractivity contribution is 6.12. The maximum Gasteiger partial charge on any atom is 0.416 e. The summed E-state index contributed by atoms with van der Waals surface area (Å²) < 4.78 is 46.7. The number of para-hydroxylation sites is 3. The monoisotopic (exact) mass is 869 g/mol. The number of benzene rings is 9. The summed E-state index contributed by atoms with van der Waals surface area (Å²) in [5.41, 5.74) is 12.7. The number of halogens is 3. The van der Waals surface area contributed by atoms with Crippen LogP contribution in [0.4, 0.5) is 18.9 Å². The van der Waals surface area contributed by atoms with Crippen molar-refractivity contribution in [3.8, 4) is 68.0 Å². The molecule has 0 atom stereocenters. The first-order chi connectivity index (χ1) is 32.6. The minimum Gasteiger partial charge on any atom is -0.309 e. The summed E-state index contributed by atoms with van der Waals surface area (Å²) >= 11 is 0. The van der Waals surface area contributed by atoms with Crippen LogP contribution in [0.15, 0.2) is 188 Å². The molecule has 2 aromatic heterocycles. The summed E-state index contributed by atoms with van der Waals surface area (Å²) in [7, 11) is 0. The Balaban J connectivity index is 1.20. The van der Waals surface area contributed by atoms with E-state index in [1.165, 1.54) is 12.1 Å². The lowest BCUT2D eigenvalue weighted by Crippen LogP contribution is -2.05. The van der Waals surface area contributed by atoms with Gasteiger partial charge in [-0.05, 0) is 136 Å². The van der Waals surface area contributed by atoms with Crippen LogP contribution in [0.5, 0.6) is 0 Å². The summed E-state index contributed by atoms with van der Waals surface area (Å²) in [5, 5.41) is 24.4. The van der Waals surface area contributed by atoms with Crippen molar-refractivity contribution in [1.82, 2.24) is 9.13 Å². The van der Waals surface area contributed by atoms with Gasteiger partial charge in [0, 0.05) is 32.8 Å². The highest BCUT2D eigenvalue weighted by Gasteiger charge is 2.31. The van der Waals surface area contributed by atoms with Crippen LogP contribution in [0.3, 0.4) is 0 Å². The second kappa shape index (κ2) is 15.8. The number of rotatable bonds is 6. The van der Waals surface area contributed by atoms with Crippen LogP contribution in [-0.4, -0.2) is 9.13 Å². The van der Waals surface area contributed by atoms with Crippen molar-refractivity contribution in [3.63, 3.8) is 0 Å². The van der Waals surface area contributed by atoms with Gasteiger partial charge in [-0.15, -0.1) is 0 Å². The Morgan fingerprint density at radius 3 is 1.75 bits per heavy atom. The summed E-state index contributed by atoms with van der Waals surface area (Å²) in [6.07, 6.45) is -4.52. The SMILES string of the molecule is [C-]#[N+]c1ccccc1-c1ccc2c(c1)c1ccccc1n2-c1ccc(C#N)cc1-c1cc(-n2c3ccccc3c3cc(-c4ccccc4C#N)ccc32)ccc1-c1ccc(C(F)(F)F)cc1C. The highest BCUT2D eigenvalue weighted by Crippen LogP contribution is 2.45. The van der Waals surface area contributed by atoms with E-state index in [0.717, 1.165) is 83.3 Å². The van der Waals surface area contributed by atoms with Gasteiger partial charge in [0.1, 0.15) is 0 Å². The standard InChI is InChI=1S/C59H34F3N5/c1-36-29-41(59(60,61)62)22-24-43(36)46-25-23-42(66-54-17-9-6-14-47(54)51-31-38(20-27-56(51)66)44-12-4-3-11-40(44)35-64)33-49(46)50-30-37(34-63)19-26-57(50)67-55-18-10-7-15-48(55)52-32-39(21-28-58(52)67)45-13-5-8-16-53(45)65-2/h3-33H,1H3. The molecule has 8 heteroatoms. The number of hydrogen-bond donors (Lipinski definition) is 0. The molecular formula is C59H34F3N5. The molecule has 67 heavy (non-hydrogen) atoms. The molecule has 9 aromatic carbocycles. The van der Waals surface area contributed by atoms with Crippen molar-refractivity contribution < 1.29 is 13.2 Å². The van der Waals surface area contributed by atoms with E-state index < -0.39 is 11.7 Å². The molecule has 0 fully saturated rings. The van der Waals surface area contributed by atoms with E-state index in [2.05, 4.69) is 80.7 Å². The van der Waals surface area contributed by atoms with Crippen molar-refractivity contribution in [2.75, 3.05) is 0 Å². The van der Waals surface area contributed by atoms with Crippen LogP contribution in [0.1, 0.15) is 22.3 Å². The number of aryl methyl sites for hydroxylation is 1. The molecule has 316 valence electrons. The molecule has 11 rings (SSSR count). The third-order valence-corrected chi connectivity index (χ3v) is 12.8. The fourth-order valence-electron chi connectivity index (χ4n) is 9.75. The van der Waals surface area contributed by atoms with E-state index in [9.17, 15) is 23.7 Å². The molecule has 0 saturated heterocycles. The van der Waals surface area contributed by atoms with Crippen molar-refractivity contribution in [1.29, 1.82) is 10.5 Å². The Kier molecular flexibility index (Phi) is 9.59. The van der Waals surface area contributed by atoms with Gasteiger partial charge in [-0.3, -0.25) is 0 Å². The van der Waals surface area contributed by atoms with Gasteiger partial charge in [-0.1, -0.05) is 103 Å². The molecule has 0 aliphatic heterocycles. The average Bonchev–Trinajstić information content (AvgIpc) is 3.87. The quantitative estimate of drug-likeness (QED) is 0.156. The van der Waals surface area contributed by atoms with Crippen LogP contribution in [-0.2, 0) is 6.18 Å². The lowest BCUT2D eigenvalue weighted by atomic mass is 9.89. The molecule has 11 aromatic rings. The highest BCUT2D eigenvalue weighted by atomic mass is 19.4. The van der Waals surface area contributed by atoms with Crippen LogP contribution in [0, 0.1) is 36.2 Å². The molecule has 0 radical (unpaired) electrons. The summed E-state index contributed by atoms with van der Waals surface area (Å²) in [6.45, 7) is 9.54. The topological polar surface area (TPSA) is 61.8 Å². The van der Waals surface area contributed by atoms with Gasteiger partial charge in [0.15, 0.2) is 5.69 Å². The minimum atomic E-state index is -4.52. The van der Waals surface area contributed by atoms with E-state index in [1.54, 1.807) is 13.0 Å².